The van der Waals surface area contributed by atoms with Crippen LogP contribution in [0.15, 0.2) is 29.0 Å². The zero-order chi connectivity index (χ0) is 8.39. The van der Waals surface area contributed by atoms with Crippen molar-refractivity contribution >= 4 is 22.7 Å². The molecule has 0 nitrogen and oxygen atoms in total. The zero-order valence-electron chi connectivity index (χ0n) is 6.91. The molecule has 0 amide bonds. The minimum atomic E-state index is 1.14. The molecule has 0 radical (unpaired) electrons. The number of thiophene rings is 2. The first-order valence-electron chi connectivity index (χ1n) is 4.01. The van der Waals surface area contributed by atoms with Crippen molar-refractivity contribution in [1.29, 1.82) is 0 Å². The summed E-state index contributed by atoms with van der Waals surface area (Å²) in [5, 5.41) is 4.37. The average molecular weight is 194 g/mol. The summed E-state index contributed by atoms with van der Waals surface area (Å²) >= 11 is 3.65. The maximum Gasteiger partial charge on any atom is 0.0445 e. The van der Waals surface area contributed by atoms with E-state index in [0.717, 1.165) is 6.42 Å². The molecule has 12 heavy (non-hydrogen) atoms. The van der Waals surface area contributed by atoms with E-state index in [9.17, 15) is 0 Å². The van der Waals surface area contributed by atoms with E-state index in [1.165, 1.54) is 15.3 Å². The lowest BCUT2D eigenvalue weighted by Crippen LogP contribution is -1.68. The largest absolute Gasteiger partial charge is 0.143 e. The van der Waals surface area contributed by atoms with Gasteiger partial charge in [0.25, 0.3) is 0 Å². The first-order valence-corrected chi connectivity index (χ1v) is 5.77. The van der Waals surface area contributed by atoms with Gasteiger partial charge in [-0.3, -0.25) is 0 Å². The molecular weight excluding hydrogens is 184 g/mol. The molecule has 0 atom stereocenters. The van der Waals surface area contributed by atoms with E-state index in [1.54, 1.807) is 0 Å². The fourth-order valence-electron chi connectivity index (χ4n) is 1.11. The fraction of sp³-hybridized carbons (Fsp3) is 0.200. The minimum absolute atomic E-state index is 1.14. The Hall–Kier alpha value is -0.600. The maximum absolute atomic E-state index is 2.29. The molecule has 0 fully saturated rings. The van der Waals surface area contributed by atoms with Crippen molar-refractivity contribution in [1.82, 2.24) is 0 Å². The molecule has 2 heterocycles. The Labute approximate surface area is 80.5 Å². The fourth-order valence-corrected chi connectivity index (χ4v) is 2.95. The van der Waals surface area contributed by atoms with E-state index in [2.05, 4.69) is 35.9 Å². The highest BCUT2D eigenvalue weighted by Gasteiger charge is 2.01. The summed E-state index contributed by atoms with van der Waals surface area (Å²) in [6.07, 6.45) is 1.14. The number of hydrogen-bond acceptors (Lipinski definition) is 2. The van der Waals surface area contributed by atoms with E-state index in [-0.39, 0.29) is 0 Å². The molecule has 2 heteroatoms. The molecule has 2 aromatic heterocycles. The molecule has 0 saturated carbocycles. The van der Waals surface area contributed by atoms with Gasteiger partial charge in [0, 0.05) is 9.75 Å². The molecule has 2 aromatic rings. The van der Waals surface area contributed by atoms with Gasteiger partial charge < -0.3 is 0 Å². The van der Waals surface area contributed by atoms with E-state index in [0.29, 0.717) is 0 Å². The topological polar surface area (TPSA) is 0 Å². The van der Waals surface area contributed by atoms with Gasteiger partial charge in [0.05, 0.1) is 0 Å². The molecule has 0 unspecified atom stereocenters. The normalized spacial score (nSPS) is 10.4. The van der Waals surface area contributed by atoms with E-state index in [1.807, 2.05) is 22.7 Å². The highest BCUT2D eigenvalue weighted by molar-refractivity contribution is 7.20. The Bertz CT molecular complexity index is 344. The summed E-state index contributed by atoms with van der Waals surface area (Å²) in [6.45, 7) is 2.19. The molecule has 0 saturated heterocycles. The predicted molar refractivity (Wildman–Crippen MR) is 57.0 cm³/mol. The number of aryl methyl sites for hydroxylation is 1. The lowest BCUT2D eigenvalue weighted by Gasteiger charge is -1.87. The first-order chi connectivity index (χ1) is 5.90. The molecule has 0 N–H and O–H groups in total. The smallest absolute Gasteiger partial charge is 0.0445 e. The quantitative estimate of drug-likeness (QED) is 0.677. The lowest BCUT2D eigenvalue weighted by molar-refractivity contribution is 1.16. The van der Waals surface area contributed by atoms with Crippen LogP contribution in [0.5, 0.6) is 0 Å². The Morgan fingerprint density at radius 2 is 2.17 bits per heavy atom. The van der Waals surface area contributed by atoms with E-state index >= 15 is 0 Å². The molecule has 0 aliphatic rings. The minimum Gasteiger partial charge on any atom is -0.143 e. The van der Waals surface area contributed by atoms with Crippen LogP contribution in [0.4, 0.5) is 0 Å². The van der Waals surface area contributed by atoms with E-state index in [4.69, 9.17) is 0 Å². The van der Waals surface area contributed by atoms with Crippen LogP contribution in [0.3, 0.4) is 0 Å². The van der Waals surface area contributed by atoms with Gasteiger partial charge in [-0.15, -0.1) is 22.7 Å². The van der Waals surface area contributed by atoms with Crippen molar-refractivity contribution in [2.24, 2.45) is 0 Å². The van der Waals surface area contributed by atoms with Crippen molar-refractivity contribution in [2.45, 2.75) is 13.3 Å². The van der Waals surface area contributed by atoms with Crippen molar-refractivity contribution in [3.05, 3.63) is 34.5 Å². The molecule has 0 aliphatic heterocycles. The summed E-state index contributed by atoms with van der Waals surface area (Å²) in [5.74, 6) is 0. The van der Waals surface area contributed by atoms with Crippen molar-refractivity contribution in [2.75, 3.05) is 0 Å². The van der Waals surface area contributed by atoms with Gasteiger partial charge in [0.15, 0.2) is 0 Å². The second kappa shape index (κ2) is 3.42. The Morgan fingerprint density at radius 1 is 1.25 bits per heavy atom. The maximum atomic E-state index is 2.29. The van der Waals surface area contributed by atoms with Crippen LogP contribution >= 0.6 is 22.7 Å². The van der Waals surface area contributed by atoms with Crippen LogP contribution in [0.25, 0.3) is 9.75 Å². The van der Waals surface area contributed by atoms with Gasteiger partial charge in [-0.05, 0) is 34.9 Å². The van der Waals surface area contributed by atoms with Gasteiger partial charge in [-0.1, -0.05) is 13.0 Å². The molecule has 0 aliphatic carbocycles. The van der Waals surface area contributed by atoms with Crippen LogP contribution in [0, 0.1) is 0 Å². The standard InChI is InChI=1S/C10H10S2/c1-2-8-6-10(12-7-8)9-4-3-5-11-9/h3-7H,2H2,1H3. The van der Waals surface area contributed by atoms with E-state index < -0.39 is 0 Å². The highest BCUT2D eigenvalue weighted by atomic mass is 32.1. The molecule has 0 aromatic carbocycles. The van der Waals surface area contributed by atoms with Crippen LogP contribution in [0.1, 0.15) is 12.5 Å². The number of rotatable bonds is 2. The lowest BCUT2D eigenvalue weighted by atomic mass is 10.2. The Morgan fingerprint density at radius 3 is 2.75 bits per heavy atom. The highest BCUT2D eigenvalue weighted by Crippen LogP contribution is 2.30. The molecule has 0 bridgehead atoms. The van der Waals surface area contributed by atoms with Gasteiger partial charge in [-0.25, -0.2) is 0 Å². The molecule has 62 valence electrons. The summed E-state index contributed by atoms with van der Waals surface area (Å²) in [6, 6.07) is 6.57. The summed E-state index contributed by atoms with van der Waals surface area (Å²) in [4.78, 5) is 2.79. The van der Waals surface area contributed by atoms with Gasteiger partial charge in [-0.2, -0.15) is 0 Å². The summed E-state index contributed by atoms with van der Waals surface area (Å²) in [5.41, 5.74) is 1.45. The first kappa shape index (κ1) is 8.02. The van der Waals surface area contributed by atoms with Crippen molar-refractivity contribution in [3.8, 4) is 9.75 Å². The second-order valence-electron chi connectivity index (χ2n) is 2.65. The van der Waals surface area contributed by atoms with Crippen molar-refractivity contribution < 1.29 is 0 Å². The van der Waals surface area contributed by atoms with Crippen molar-refractivity contribution in [3.63, 3.8) is 0 Å². The third-order valence-electron chi connectivity index (χ3n) is 1.83. The molecular formula is C10H10S2. The van der Waals surface area contributed by atoms with Crippen LogP contribution in [-0.4, -0.2) is 0 Å². The average Bonchev–Trinajstić information content (AvgIpc) is 2.75. The molecule has 0 spiro atoms. The third-order valence-corrected chi connectivity index (χ3v) is 3.87. The van der Waals surface area contributed by atoms with Crippen LogP contribution in [-0.2, 0) is 6.42 Å². The third kappa shape index (κ3) is 1.45. The zero-order valence-corrected chi connectivity index (χ0v) is 8.54. The molecule has 2 rings (SSSR count). The Kier molecular flexibility index (Phi) is 2.28. The van der Waals surface area contributed by atoms with Gasteiger partial charge >= 0.3 is 0 Å². The van der Waals surface area contributed by atoms with Crippen LogP contribution in [0.2, 0.25) is 0 Å². The number of hydrogen-bond donors (Lipinski definition) is 0. The Balaban J connectivity index is 2.35. The SMILES string of the molecule is CCc1csc(-c2cccs2)c1. The van der Waals surface area contributed by atoms with Gasteiger partial charge in [0.1, 0.15) is 0 Å². The van der Waals surface area contributed by atoms with Crippen LogP contribution < -0.4 is 0 Å². The second-order valence-corrected chi connectivity index (χ2v) is 4.51. The summed E-state index contributed by atoms with van der Waals surface area (Å²) in [7, 11) is 0. The monoisotopic (exact) mass is 194 g/mol. The predicted octanol–water partition coefficient (Wildman–Crippen LogP) is 4.04. The summed E-state index contributed by atoms with van der Waals surface area (Å²) < 4.78 is 0. The van der Waals surface area contributed by atoms with Gasteiger partial charge in [0.2, 0.25) is 0 Å².